The molecule has 0 saturated heterocycles. The lowest BCUT2D eigenvalue weighted by molar-refractivity contribution is 0.669. The van der Waals surface area contributed by atoms with Gasteiger partial charge < -0.3 is 14.3 Å². The molecular formula is C51H32N4OS. The number of rotatable bonds is 5. The fraction of sp³-hybridized carbons (Fsp3) is 0.0196. The van der Waals surface area contributed by atoms with Crippen LogP contribution in [-0.4, -0.2) is 16.2 Å². The number of nitrogens with one attached hydrogen (secondary N) is 1. The molecule has 1 aliphatic rings. The van der Waals surface area contributed by atoms with E-state index in [2.05, 4.69) is 168 Å². The van der Waals surface area contributed by atoms with Crippen LogP contribution in [0, 0.1) is 0 Å². The molecule has 4 heterocycles. The van der Waals surface area contributed by atoms with E-state index in [0.29, 0.717) is 0 Å². The number of amidine groups is 2. The van der Waals surface area contributed by atoms with Crippen LogP contribution in [0.2, 0.25) is 0 Å². The lowest BCUT2D eigenvalue weighted by Crippen LogP contribution is -2.33. The van der Waals surface area contributed by atoms with Crippen molar-refractivity contribution >= 4 is 86.9 Å². The zero-order valence-electron chi connectivity index (χ0n) is 30.6. The molecule has 57 heavy (non-hydrogen) atoms. The number of nitrogens with zero attached hydrogens (tertiary/aromatic N) is 3. The standard InChI is InChI=1S/C51H32N4OS/c1-3-13-31(14-4-1)49-52-50(32-15-5-2-6-16-32)54-51(53-49)41-21-11-20-40-47-35(19-12-24-46(47)57-48(40)41)33-25-27-38-39-28-26-34(30-45(39)56-44(38)29-33)55-42-22-9-7-17-36(42)37-18-8-10-23-43(37)55/h1-30,49H,(H,52,53,54). The Balaban J connectivity index is 0.982. The summed E-state index contributed by atoms with van der Waals surface area (Å²) in [6.07, 6.45) is -0.261. The summed E-state index contributed by atoms with van der Waals surface area (Å²) in [6, 6.07) is 64.3. The Kier molecular flexibility index (Phi) is 7.09. The van der Waals surface area contributed by atoms with Crippen LogP contribution in [0.4, 0.5) is 0 Å². The van der Waals surface area contributed by atoms with Crippen molar-refractivity contribution < 1.29 is 4.42 Å². The molecule has 1 unspecified atom stereocenters. The van der Waals surface area contributed by atoms with E-state index >= 15 is 0 Å². The highest BCUT2D eigenvalue weighted by atomic mass is 32.1. The minimum Gasteiger partial charge on any atom is -0.456 e. The third kappa shape index (κ3) is 5.08. The molecule has 0 saturated carbocycles. The molecule has 268 valence electrons. The molecule has 0 radical (unpaired) electrons. The molecule has 11 aromatic rings. The summed E-state index contributed by atoms with van der Waals surface area (Å²) in [7, 11) is 0. The van der Waals surface area contributed by atoms with Crippen molar-refractivity contribution in [2.24, 2.45) is 9.98 Å². The maximum atomic E-state index is 6.70. The minimum absolute atomic E-state index is 0.261. The Morgan fingerprint density at radius 1 is 0.526 bits per heavy atom. The maximum Gasteiger partial charge on any atom is 0.160 e. The number of hydrogen-bond acceptors (Lipinski definition) is 5. The largest absolute Gasteiger partial charge is 0.456 e. The molecule has 1 N–H and O–H groups in total. The Bertz CT molecular complexity index is 3390. The molecule has 0 fully saturated rings. The highest BCUT2D eigenvalue weighted by Gasteiger charge is 2.24. The first-order valence-corrected chi connectivity index (χ1v) is 20.0. The first-order valence-electron chi connectivity index (χ1n) is 19.2. The molecule has 12 rings (SSSR count). The second-order valence-electron chi connectivity index (χ2n) is 14.6. The number of hydrogen-bond donors (Lipinski definition) is 1. The smallest absolute Gasteiger partial charge is 0.160 e. The summed E-state index contributed by atoms with van der Waals surface area (Å²) < 4.78 is 11.4. The Morgan fingerprint density at radius 2 is 1.18 bits per heavy atom. The van der Waals surface area contributed by atoms with E-state index in [1.165, 1.54) is 47.5 Å². The van der Waals surface area contributed by atoms with E-state index in [1.807, 2.05) is 24.3 Å². The van der Waals surface area contributed by atoms with Crippen molar-refractivity contribution in [2.45, 2.75) is 6.17 Å². The molecule has 0 amide bonds. The van der Waals surface area contributed by atoms with Gasteiger partial charge in [-0.3, -0.25) is 0 Å². The van der Waals surface area contributed by atoms with Crippen molar-refractivity contribution in [2.75, 3.05) is 0 Å². The molecule has 0 bridgehead atoms. The summed E-state index contributed by atoms with van der Waals surface area (Å²) in [6.45, 7) is 0. The van der Waals surface area contributed by atoms with Crippen LogP contribution < -0.4 is 5.32 Å². The van der Waals surface area contributed by atoms with E-state index in [0.717, 1.165) is 61.6 Å². The topological polar surface area (TPSA) is 54.8 Å². The Labute approximate surface area is 331 Å². The van der Waals surface area contributed by atoms with Crippen molar-refractivity contribution in [1.82, 2.24) is 9.88 Å². The number of furan rings is 1. The monoisotopic (exact) mass is 748 g/mol. The molecule has 6 heteroatoms. The highest BCUT2D eigenvalue weighted by Crippen LogP contribution is 2.43. The number of aliphatic imine (C=N–C) groups is 2. The summed E-state index contributed by atoms with van der Waals surface area (Å²) in [4.78, 5) is 10.4. The molecule has 8 aromatic carbocycles. The third-order valence-electron chi connectivity index (χ3n) is 11.3. The fourth-order valence-electron chi connectivity index (χ4n) is 8.66. The number of aromatic nitrogens is 1. The first-order chi connectivity index (χ1) is 28.2. The van der Waals surface area contributed by atoms with Crippen LogP contribution in [0.25, 0.3) is 80.7 Å². The van der Waals surface area contributed by atoms with Gasteiger partial charge in [0.2, 0.25) is 0 Å². The number of para-hydroxylation sites is 2. The van der Waals surface area contributed by atoms with Gasteiger partial charge in [-0.25, -0.2) is 9.98 Å². The van der Waals surface area contributed by atoms with Gasteiger partial charge in [0.05, 0.1) is 11.0 Å². The number of thiophene rings is 1. The number of fused-ring (bicyclic) bond motifs is 9. The van der Waals surface area contributed by atoms with Gasteiger partial charge in [-0.05, 0) is 65.2 Å². The SMILES string of the molecule is c1ccc(C2=NC(c3cccc4c3sc3cccc(-c5ccc6c(c5)oc5cc(-n7c8ccccc8c8ccccc87)ccc56)c34)=NC(c3ccccc3)N2)cc1. The van der Waals surface area contributed by atoms with E-state index in [-0.39, 0.29) is 6.17 Å². The van der Waals surface area contributed by atoms with Gasteiger partial charge in [0.1, 0.15) is 23.2 Å². The molecule has 5 nitrogen and oxygen atoms in total. The normalized spacial score (nSPS) is 14.5. The molecular weight excluding hydrogens is 717 g/mol. The first kappa shape index (κ1) is 32.0. The zero-order chi connectivity index (χ0) is 37.5. The van der Waals surface area contributed by atoms with Gasteiger partial charge in [-0.15, -0.1) is 11.3 Å². The second kappa shape index (κ2) is 12.6. The van der Waals surface area contributed by atoms with Gasteiger partial charge in [0, 0.05) is 64.6 Å². The number of benzene rings is 8. The zero-order valence-corrected chi connectivity index (χ0v) is 31.4. The van der Waals surface area contributed by atoms with E-state index in [9.17, 15) is 0 Å². The second-order valence-corrected chi connectivity index (χ2v) is 15.6. The highest BCUT2D eigenvalue weighted by molar-refractivity contribution is 7.26. The van der Waals surface area contributed by atoms with Crippen LogP contribution in [0.15, 0.2) is 196 Å². The van der Waals surface area contributed by atoms with Gasteiger partial charge in [-0.2, -0.15) is 0 Å². The Morgan fingerprint density at radius 3 is 1.96 bits per heavy atom. The van der Waals surface area contributed by atoms with Crippen LogP contribution >= 0.6 is 11.3 Å². The van der Waals surface area contributed by atoms with E-state index < -0.39 is 0 Å². The van der Waals surface area contributed by atoms with Crippen LogP contribution in [0.3, 0.4) is 0 Å². The average Bonchev–Trinajstić information content (AvgIpc) is 3.96. The quantitative estimate of drug-likeness (QED) is 0.191. The fourth-order valence-corrected chi connectivity index (χ4v) is 9.89. The maximum absolute atomic E-state index is 6.70. The molecule has 1 atom stereocenters. The molecule has 0 spiro atoms. The summed E-state index contributed by atoms with van der Waals surface area (Å²) in [5.74, 6) is 1.54. The van der Waals surface area contributed by atoms with Crippen molar-refractivity contribution in [3.8, 4) is 16.8 Å². The summed E-state index contributed by atoms with van der Waals surface area (Å²) in [5.41, 5.74) is 10.6. The summed E-state index contributed by atoms with van der Waals surface area (Å²) in [5, 5.41) is 10.7. The van der Waals surface area contributed by atoms with Crippen molar-refractivity contribution in [1.29, 1.82) is 0 Å². The van der Waals surface area contributed by atoms with E-state index in [4.69, 9.17) is 14.4 Å². The Hall–Kier alpha value is -7.28. The lowest BCUT2D eigenvalue weighted by Gasteiger charge is -2.23. The van der Waals surface area contributed by atoms with Crippen LogP contribution in [0.5, 0.6) is 0 Å². The predicted octanol–water partition coefficient (Wildman–Crippen LogP) is 13.2. The van der Waals surface area contributed by atoms with Gasteiger partial charge in [-0.1, -0.05) is 127 Å². The van der Waals surface area contributed by atoms with Crippen LogP contribution in [0.1, 0.15) is 22.9 Å². The van der Waals surface area contributed by atoms with Gasteiger partial charge in [0.25, 0.3) is 0 Å². The van der Waals surface area contributed by atoms with Gasteiger partial charge in [0.15, 0.2) is 5.84 Å². The average molecular weight is 749 g/mol. The third-order valence-corrected chi connectivity index (χ3v) is 12.5. The summed E-state index contributed by atoms with van der Waals surface area (Å²) >= 11 is 1.80. The lowest BCUT2D eigenvalue weighted by atomic mass is 9.97. The minimum atomic E-state index is -0.261. The van der Waals surface area contributed by atoms with Gasteiger partial charge >= 0.3 is 0 Å². The molecule has 1 aliphatic heterocycles. The molecule has 0 aliphatic carbocycles. The van der Waals surface area contributed by atoms with Crippen molar-refractivity contribution in [3.63, 3.8) is 0 Å². The molecule has 3 aromatic heterocycles. The predicted molar refractivity (Wildman–Crippen MR) is 238 cm³/mol. The van der Waals surface area contributed by atoms with Crippen LogP contribution in [-0.2, 0) is 0 Å². The van der Waals surface area contributed by atoms with E-state index in [1.54, 1.807) is 11.3 Å². The van der Waals surface area contributed by atoms with Crippen molar-refractivity contribution in [3.05, 3.63) is 199 Å².